The van der Waals surface area contributed by atoms with Gasteiger partial charge in [0.15, 0.2) is 0 Å². The van der Waals surface area contributed by atoms with Gasteiger partial charge in [-0.2, -0.15) is 0 Å². The average molecular weight is 141 g/mol. The van der Waals surface area contributed by atoms with Gasteiger partial charge in [-0.1, -0.05) is 32.8 Å². The van der Waals surface area contributed by atoms with Crippen LogP contribution in [-0.2, 0) is 0 Å². The second-order valence-corrected chi connectivity index (χ2v) is 3.60. The van der Waals surface area contributed by atoms with Crippen LogP contribution in [0.5, 0.6) is 0 Å². The second-order valence-electron chi connectivity index (χ2n) is 3.60. The van der Waals surface area contributed by atoms with Crippen LogP contribution in [0.15, 0.2) is 5.11 Å². The van der Waals surface area contributed by atoms with Crippen molar-refractivity contribution >= 4 is 0 Å². The molecule has 58 valence electrons. The second kappa shape index (κ2) is 3.47. The first-order valence-corrected chi connectivity index (χ1v) is 3.54. The van der Waals surface area contributed by atoms with Crippen LogP contribution in [0.4, 0.5) is 0 Å². The smallest absolute Gasteiger partial charge is 0.0434 e. The highest BCUT2D eigenvalue weighted by Crippen LogP contribution is 2.19. The molecular weight excluding hydrogens is 126 g/mol. The summed E-state index contributed by atoms with van der Waals surface area (Å²) in [6, 6.07) is 0. The Hall–Kier alpha value is -0.690. The number of hydrogen-bond donors (Lipinski definition) is 0. The highest BCUT2D eigenvalue weighted by atomic mass is 15.2. The topological polar surface area (TPSA) is 48.8 Å². The van der Waals surface area contributed by atoms with E-state index in [9.17, 15) is 0 Å². The van der Waals surface area contributed by atoms with Crippen LogP contribution >= 0.6 is 0 Å². The van der Waals surface area contributed by atoms with Crippen molar-refractivity contribution in [3.05, 3.63) is 10.4 Å². The normalized spacial score (nSPS) is 11.3. The molecule has 0 atom stereocenters. The first-order valence-electron chi connectivity index (χ1n) is 3.54. The molecule has 0 bridgehead atoms. The van der Waals surface area contributed by atoms with Gasteiger partial charge in [0.1, 0.15) is 0 Å². The van der Waals surface area contributed by atoms with Gasteiger partial charge in [0, 0.05) is 10.5 Å². The standard InChI is InChI=1S/C7H15N3/c1-6(2)5-7(3,4)9-10-8/h6H,5H2,1-4H3. The minimum atomic E-state index is -0.219. The number of nitrogens with zero attached hydrogens (tertiary/aromatic N) is 3. The SMILES string of the molecule is CC(C)CC(C)(C)N=[N+]=[N-]. The Kier molecular flexibility index (Phi) is 3.23. The summed E-state index contributed by atoms with van der Waals surface area (Å²) in [6.07, 6.45) is 0.942. The molecule has 0 saturated heterocycles. The van der Waals surface area contributed by atoms with Gasteiger partial charge in [-0.15, -0.1) is 0 Å². The van der Waals surface area contributed by atoms with E-state index in [0.29, 0.717) is 5.92 Å². The Balaban J connectivity index is 3.98. The number of hydrogen-bond acceptors (Lipinski definition) is 1. The molecule has 0 N–H and O–H groups in total. The lowest BCUT2D eigenvalue weighted by Gasteiger charge is -2.19. The minimum absolute atomic E-state index is 0.219. The van der Waals surface area contributed by atoms with Crippen LogP contribution in [0, 0.1) is 5.92 Å². The Bertz CT molecular complexity index is 143. The van der Waals surface area contributed by atoms with Gasteiger partial charge in [0.25, 0.3) is 0 Å². The lowest BCUT2D eigenvalue weighted by Crippen LogP contribution is -2.17. The maximum absolute atomic E-state index is 8.17. The fraction of sp³-hybridized carbons (Fsp3) is 1.00. The zero-order valence-corrected chi connectivity index (χ0v) is 7.13. The summed E-state index contributed by atoms with van der Waals surface area (Å²) in [4.78, 5) is 2.79. The molecule has 10 heavy (non-hydrogen) atoms. The van der Waals surface area contributed by atoms with E-state index in [2.05, 4.69) is 23.9 Å². The van der Waals surface area contributed by atoms with E-state index < -0.39 is 0 Å². The number of azide groups is 1. The van der Waals surface area contributed by atoms with Gasteiger partial charge in [-0.25, -0.2) is 0 Å². The summed E-state index contributed by atoms with van der Waals surface area (Å²) in [6.45, 7) is 8.14. The summed E-state index contributed by atoms with van der Waals surface area (Å²) in [5, 5.41) is 3.68. The van der Waals surface area contributed by atoms with Crippen LogP contribution in [-0.4, -0.2) is 5.54 Å². The predicted molar refractivity (Wildman–Crippen MR) is 42.7 cm³/mol. The highest BCUT2D eigenvalue weighted by Gasteiger charge is 2.16. The van der Waals surface area contributed by atoms with Crippen molar-refractivity contribution < 1.29 is 0 Å². The lowest BCUT2D eigenvalue weighted by molar-refractivity contribution is 0.399. The van der Waals surface area contributed by atoms with Gasteiger partial charge >= 0.3 is 0 Å². The Morgan fingerprint density at radius 2 is 2.00 bits per heavy atom. The Labute approximate surface area is 62.1 Å². The zero-order chi connectivity index (χ0) is 8.20. The van der Waals surface area contributed by atoms with Crippen LogP contribution in [0.3, 0.4) is 0 Å². The van der Waals surface area contributed by atoms with E-state index in [1.807, 2.05) is 13.8 Å². The van der Waals surface area contributed by atoms with Crippen molar-refractivity contribution in [2.24, 2.45) is 11.0 Å². The van der Waals surface area contributed by atoms with E-state index >= 15 is 0 Å². The number of rotatable bonds is 3. The van der Waals surface area contributed by atoms with Crippen molar-refractivity contribution in [1.29, 1.82) is 0 Å². The molecule has 0 rings (SSSR count). The Morgan fingerprint density at radius 3 is 2.30 bits per heavy atom. The van der Waals surface area contributed by atoms with Crippen molar-refractivity contribution in [2.75, 3.05) is 0 Å². The van der Waals surface area contributed by atoms with E-state index in [1.165, 1.54) is 0 Å². The van der Waals surface area contributed by atoms with Gasteiger partial charge < -0.3 is 0 Å². The summed E-state index contributed by atoms with van der Waals surface area (Å²) in [5.41, 5.74) is 7.95. The first kappa shape index (κ1) is 9.31. The predicted octanol–water partition coefficient (Wildman–Crippen LogP) is 3.12. The van der Waals surface area contributed by atoms with E-state index in [1.54, 1.807) is 0 Å². The van der Waals surface area contributed by atoms with E-state index in [-0.39, 0.29) is 5.54 Å². The van der Waals surface area contributed by atoms with Crippen LogP contribution in [0.1, 0.15) is 34.1 Å². The quantitative estimate of drug-likeness (QED) is 0.329. The molecule has 0 aliphatic heterocycles. The highest BCUT2D eigenvalue weighted by molar-refractivity contribution is 4.78. The monoisotopic (exact) mass is 141 g/mol. The molecule has 0 amide bonds. The molecule has 0 saturated carbocycles. The molecule has 0 aromatic carbocycles. The van der Waals surface area contributed by atoms with Crippen molar-refractivity contribution in [3.8, 4) is 0 Å². The van der Waals surface area contributed by atoms with Crippen LogP contribution < -0.4 is 0 Å². The minimum Gasteiger partial charge on any atom is -0.0878 e. The van der Waals surface area contributed by atoms with E-state index in [4.69, 9.17) is 5.53 Å². The summed E-state index contributed by atoms with van der Waals surface area (Å²) >= 11 is 0. The van der Waals surface area contributed by atoms with Crippen molar-refractivity contribution in [1.82, 2.24) is 0 Å². The molecule has 0 heterocycles. The van der Waals surface area contributed by atoms with Gasteiger partial charge in [-0.05, 0) is 17.9 Å². The summed E-state index contributed by atoms with van der Waals surface area (Å²) in [7, 11) is 0. The Morgan fingerprint density at radius 1 is 1.50 bits per heavy atom. The molecule has 0 fully saturated rings. The molecule has 0 aromatic rings. The van der Waals surface area contributed by atoms with E-state index in [0.717, 1.165) is 6.42 Å². The summed E-state index contributed by atoms with van der Waals surface area (Å²) in [5.74, 6) is 0.584. The molecule has 0 unspecified atom stereocenters. The third-order valence-electron chi connectivity index (χ3n) is 1.22. The third-order valence-corrected chi connectivity index (χ3v) is 1.22. The van der Waals surface area contributed by atoms with Gasteiger partial charge in [0.05, 0.1) is 0 Å². The third kappa shape index (κ3) is 4.21. The fourth-order valence-corrected chi connectivity index (χ4v) is 1.16. The lowest BCUT2D eigenvalue weighted by atomic mass is 9.94. The molecule has 0 spiro atoms. The zero-order valence-electron chi connectivity index (χ0n) is 7.13. The van der Waals surface area contributed by atoms with Gasteiger partial charge in [-0.3, -0.25) is 0 Å². The molecule has 0 aromatic heterocycles. The van der Waals surface area contributed by atoms with Gasteiger partial charge in [0.2, 0.25) is 0 Å². The molecular formula is C7H15N3. The molecule has 0 radical (unpaired) electrons. The van der Waals surface area contributed by atoms with Crippen molar-refractivity contribution in [3.63, 3.8) is 0 Å². The average Bonchev–Trinajstić information content (AvgIpc) is 1.59. The van der Waals surface area contributed by atoms with Crippen LogP contribution in [0.25, 0.3) is 10.4 Å². The summed E-state index contributed by atoms with van der Waals surface area (Å²) < 4.78 is 0. The molecule has 3 heteroatoms. The maximum atomic E-state index is 8.17. The largest absolute Gasteiger partial charge is 0.0878 e. The van der Waals surface area contributed by atoms with Crippen molar-refractivity contribution in [2.45, 2.75) is 39.7 Å². The maximum Gasteiger partial charge on any atom is 0.0434 e. The molecule has 0 aliphatic rings. The fourth-order valence-electron chi connectivity index (χ4n) is 1.16. The molecule has 3 nitrogen and oxygen atoms in total. The first-order chi connectivity index (χ1) is 4.48. The molecule has 0 aliphatic carbocycles. The van der Waals surface area contributed by atoms with Crippen LogP contribution in [0.2, 0.25) is 0 Å².